The summed E-state index contributed by atoms with van der Waals surface area (Å²) in [5.41, 5.74) is 4.09. The highest BCUT2D eigenvalue weighted by Crippen LogP contribution is 2.40. The molecule has 0 spiro atoms. The molecule has 0 radical (unpaired) electrons. The highest BCUT2D eigenvalue weighted by molar-refractivity contribution is 9.10. The van der Waals surface area contributed by atoms with Gasteiger partial charge in [-0.05, 0) is 69.9 Å². The van der Waals surface area contributed by atoms with Crippen LogP contribution in [-0.4, -0.2) is 41.7 Å². The Morgan fingerprint density at radius 1 is 1.15 bits per heavy atom. The highest BCUT2D eigenvalue weighted by atomic mass is 79.9. The topological polar surface area (TPSA) is 106 Å². The maximum atomic E-state index is 10.9. The predicted octanol–water partition coefficient (Wildman–Crippen LogP) is 5.66. The van der Waals surface area contributed by atoms with E-state index in [1.54, 1.807) is 6.07 Å². The van der Waals surface area contributed by atoms with Crippen LogP contribution in [0.25, 0.3) is 22.1 Å². The Balaban J connectivity index is 1.41. The van der Waals surface area contributed by atoms with Gasteiger partial charge >= 0.3 is 5.97 Å². The van der Waals surface area contributed by atoms with Crippen molar-refractivity contribution in [1.82, 2.24) is 5.16 Å². The van der Waals surface area contributed by atoms with Crippen LogP contribution in [0.4, 0.5) is 11.5 Å². The minimum absolute atomic E-state index is 0.532. The second-order valence-corrected chi connectivity index (χ2v) is 8.52. The van der Waals surface area contributed by atoms with Crippen molar-refractivity contribution in [1.29, 1.82) is 0 Å². The van der Waals surface area contributed by atoms with Crippen LogP contribution in [0.1, 0.15) is 12.5 Å². The molecular weight excluding hydrogens is 502 g/mol. The molecule has 4 aromatic rings. The maximum Gasteiger partial charge on any atom is 0.328 e. The Labute approximate surface area is 203 Å². The Morgan fingerprint density at radius 3 is 2.79 bits per heavy atom. The number of hydrogen-bond donors (Lipinski definition) is 2. The number of hydrogen-bond acceptors (Lipinski definition) is 7. The number of carboxylic acid groups (broad SMARTS) is 1. The SMILES string of the molecule is C[C@H](N=Cc1ccc2c(Nc3cccc(-c4ccc5c(c4)OCCO5)c3Br)noc2c1)C(=O)O. The lowest BCUT2D eigenvalue weighted by atomic mass is 10.0. The number of aliphatic imine (C=N–C) groups is 1. The zero-order chi connectivity index (χ0) is 23.7. The van der Waals surface area contributed by atoms with Gasteiger partial charge in [-0.2, -0.15) is 0 Å². The van der Waals surface area contributed by atoms with Crippen LogP contribution in [-0.2, 0) is 4.79 Å². The Morgan fingerprint density at radius 2 is 1.97 bits per heavy atom. The molecule has 0 aliphatic carbocycles. The average Bonchev–Trinajstić information content (AvgIpc) is 3.25. The number of carboxylic acids is 1. The van der Waals surface area contributed by atoms with Crippen LogP contribution in [0.15, 0.2) is 68.6 Å². The van der Waals surface area contributed by atoms with Gasteiger partial charge in [-0.15, -0.1) is 0 Å². The lowest BCUT2D eigenvalue weighted by molar-refractivity contribution is -0.137. The summed E-state index contributed by atoms with van der Waals surface area (Å²) < 4.78 is 17.7. The number of benzene rings is 3. The quantitative estimate of drug-likeness (QED) is 0.315. The van der Waals surface area contributed by atoms with Gasteiger partial charge in [0.1, 0.15) is 19.3 Å². The van der Waals surface area contributed by atoms with Crippen molar-refractivity contribution in [2.24, 2.45) is 4.99 Å². The van der Waals surface area contributed by atoms with E-state index >= 15 is 0 Å². The molecule has 0 saturated heterocycles. The first-order valence-electron chi connectivity index (χ1n) is 10.6. The van der Waals surface area contributed by atoms with Crippen molar-refractivity contribution < 1.29 is 23.9 Å². The fourth-order valence-corrected chi connectivity index (χ4v) is 4.17. The molecule has 9 heteroatoms. The second-order valence-electron chi connectivity index (χ2n) is 7.73. The number of rotatable bonds is 6. The number of nitrogens with zero attached hydrogens (tertiary/aromatic N) is 2. The minimum Gasteiger partial charge on any atom is -0.486 e. The van der Waals surface area contributed by atoms with E-state index in [0.717, 1.165) is 43.7 Å². The van der Waals surface area contributed by atoms with Gasteiger partial charge in [0.2, 0.25) is 0 Å². The van der Waals surface area contributed by atoms with Crippen molar-refractivity contribution in [3.8, 4) is 22.6 Å². The molecule has 0 amide bonds. The summed E-state index contributed by atoms with van der Waals surface area (Å²) in [5, 5.41) is 17.3. The van der Waals surface area contributed by atoms with E-state index in [1.165, 1.54) is 13.1 Å². The first-order valence-corrected chi connectivity index (χ1v) is 11.4. The van der Waals surface area contributed by atoms with Crippen LogP contribution in [0, 0.1) is 0 Å². The third-order valence-electron chi connectivity index (χ3n) is 5.41. The zero-order valence-corrected chi connectivity index (χ0v) is 19.7. The lowest BCUT2D eigenvalue weighted by Gasteiger charge is -2.19. The molecule has 0 fully saturated rings. The number of halogens is 1. The maximum absolute atomic E-state index is 10.9. The smallest absolute Gasteiger partial charge is 0.328 e. The summed E-state index contributed by atoms with van der Waals surface area (Å²) >= 11 is 3.72. The largest absolute Gasteiger partial charge is 0.486 e. The van der Waals surface area contributed by atoms with Crippen molar-refractivity contribution in [3.63, 3.8) is 0 Å². The van der Waals surface area contributed by atoms with E-state index in [1.807, 2.05) is 48.5 Å². The van der Waals surface area contributed by atoms with E-state index in [2.05, 4.69) is 31.4 Å². The van der Waals surface area contributed by atoms with E-state index < -0.39 is 12.0 Å². The number of aliphatic carboxylic acids is 1. The summed E-state index contributed by atoms with van der Waals surface area (Å²) in [4.78, 5) is 15.0. The van der Waals surface area contributed by atoms with Gasteiger partial charge in [-0.1, -0.05) is 29.4 Å². The number of ether oxygens (including phenoxy) is 2. The van der Waals surface area contributed by atoms with Gasteiger partial charge in [0.15, 0.2) is 22.9 Å². The van der Waals surface area contributed by atoms with E-state index in [0.29, 0.717) is 24.6 Å². The van der Waals surface area contributed by atoms with E-state index in [-0.39, 0.29) is 0 Å². The van der Waals surface area contributed by atoms with E-state index in [4.69, 9.17) is 19.1 Å². The standard InChI is InChI=1S/C25H20BrN3O5/c1-14(25(30)31)27-13-15-5-7-18-21(11-15)34-29-24(18)28-19-4-2-3-17(23(19)26)16-6-8-20-22(12-16)33-10-9-32-20/h2-8,11-14H,9-10H2,1H3,(H,28,29)(H,30,31)/t14-/m0/s1. The van der Waals surface area contributed by atoms with Gasteiger partial charge in [0.25, 0.3) is 0 Å². The molecule has 1 atom stereocenters. The van der Waals surface area contributed by atoms with Crippen LogP contribution >= 0.6 is 15.9 Å². The molecule has 1 aliphatic rings. The van der Waals surface area contributed by atoms with Crippen LogP contribution in [0.2, 0.25) is 0 Å². The fraction of sp³-hybridized carbons (Fsp3) is 0.160. The van der Waals surface area contributed by atoms with Gasteiger partial charge in [-0.3, -0.25) is 4.99 Å². The number of anilines is 2. The summed E-state index contributed by atoms with van der Waals surface area (Å²) in [6.07, 6.45) is 1.52. The first-order chi connectivity index (χ1) is 16.5. The Kier molecular flexibility index (Phi) is 5.93. The summed E-state index contributed by atoms with van der Waals surface area (Å²) in [7, 11) is 0. The van der Waals surface area contributed by atoms with Gasteiger partial charge in [0.05, 0.1) is 11.1 Å². The lowest BCUT2D eigenvalue weighted by Crippen LogP contribution is -2.15. The first kappa shape index (κ1) is 22.0. The molecule has 2 N–H and O–H groups in total. The number of carbonyl (C=O) groups is 1. The summed E-state index contributed by atoms with van der Waals surface area (Å²) in [6, 6.07) is 16.5. The van der Waals surface area contributed by atoms with Gasteiger partial charge in [0, 0.05) is 10.7 Å². The third-order valence-corrected chi connectivity index (χ3v) is 6.26. The normalized spacial score (nSPS) is 13.8. The monoisotopic (exact) mass is 521 g/mol. The zero-order valence-electron chi connectivity index (χ0n) is 18.1. The van der Waals surface area contributed by atoms with Crippen LogP contribution in [0.5, 0.6) is 11.5 Å². The van der Waals surface area contributed by atoms with Crippen LogP contribution in [0.3, 0.4) is 0 Å². The number of nitrogens with one attached hydrogen (secondary N) is 1. The molecule has 5 rings (SSSR count). The predicted molar refractivity (Wildman–Crippen MR) is 133 cm³/mol. The molecule has 8 nitrogen and oxygen atoms in total. The van der Waals surface area contributed by atoms with Crippen molar-refractivity contribution in [2.75, 3.05) is 18.5 Å². The fourth-order valence-electron chi connectivity index (χ4n) is 3.58. The molecule has 0 saturated carbocycles. The molecule has 172 valence electrons. The second kappa shape index (κ2) is 9.18. The average molecular weight is 522 g/mol. The number of fused-ring (bicyclic) bond motifs is 2. The molecule has 1 aromatic heterocycles. The molecule has 0 bridgehead atoms. The molecule has 1 aliphatic heterocycles. The third kappa shape index (κ3) is 4.34. The molecule has 3 aromatic carbocycles. The van der Waals surface area contributed by atoms with Gasteiger partial charge < -0.3 is 24.4 Å². The van der Waals surface area contributed by atoms with Crippen molar-refractivity contribution in [2.45, 2.75) is 13.0 Å². The Bertz CT molecular complexity index is 1420. The molecule has 2 heterocycles. The minimum atomic E-state index is -0.979. The van der Waals surface area contributed by atoms with Gasteiger partial charge in [-0.25, -0.2) is 4.79 Å². The summed E-state index contributed by atoms with van der Waals surface area (Å²) in [6.45, 7) is 2.60. The van der Waals surface area contributed by atoms with Crippen LogP contribution < -0.4 is 14.8 Å². The molecular formula is C25H20BrN3O5. The highest BCUT2D eigenvalue weighted by Gasteiger charge is 2.16. The van der Waals surface area contributed by atoms with E-state index in [9.17, 15) is 4.79 Å². The molecule has 34 heavy (non-hydrogen) atoms. The summed E-state index contributed by atoms with van der Waals surface area (Å²) in [5.74, 6) is 1.06. The Hall–Kier alpha value is -3.85. The van der Waals surface area contributed by atoms with Crippen molar-refractivity contribution >= 4 is 50.6 Å². The van der Waals surface area contributed by atoms with Crippen molar-refractivity contribution in [3.05, 3.63) is 64.6 Å². The molecule has 0 unspecified atom stereocenters. The number of aromatic nitrogens is 1.